The van der Waals surface area contributed by atoms with Gasteiger partial charge in [-0.3, -0.25) is 15.1 Å². The molecule has 7 unspecified atom stereocenters. The highest BCUT2D eigenvalue weighted by atomic mass is 16.2. The molecule has 7 atom stereocenters. The third kappa shape index (κ3) is 5.12. The molecule has 1 saturated heterocycles. The van der Waals surface area contributed by atoms with E-state index in [2.05, 4.69) is 10.2 Å². The highest BCUT2D eigenvalue weighted by Gasteiger charge is 2.49. The number of amidine groups is 1. The van der Waals surface area contributed by atoms with E-state index in [0.29, 0.717) is 29.9 Å². The van der Waals surface area contributed by atoms with Crippen molar-refractivity contribution in [2.45, 2.75) is 120 Å². The number of amides is 1. The van der Waals surface area contributed by atoms with Crippen LogP contribution >= 0.6 is 0 Å². The summed E-state index contributed by atoms with van der Waals surface area (Å²) in [6, 6.07) is 1.03. The smallest absolute Gasteiger partial charge is 0.237 e. The number of nitrogens with one attached hydrogen (secondary N) is 2. The van der Waals surface area contributed by atoms with Gasteiger partial charge in [0.25, 0.3) is 0 Å². The van der Waals surface area contributed by atoms with Crippen molar-refractivity contribution in [1.82, 2.24) is 10.2 Å². The first-order valence-electron chi connectivity index (χ1n) is 14.1. The molecule has 6 nitrogen and oxygen atoms in total. The predicted octanol–water partition coefficient (Wildman–Crippen LogP) is 3.77. The van der Waals surface area contributed by atoms with E-state index in [1.54, 1.807) is 0 Å². The first-order chi connectivity index (χ1) is 16.0. The lowest BCUT2D eigenvalue weighted by atomic mass is 9.65. The number of hydrogen-bond donors (Lipinski definition) is 4. The number of hydrogen-bond acceptors (Lipinski definition) is 4. The number of carbonyl (C=O) groups excluding carboxylic acids is 1. The summed E-state index contributed by atoms with van der Waals surface area (Å²) in [5.74, 6) is 3.92. The standard InChI is InChI=1S/C27H47N5O/c28-21-10-12-22(13-11-21)31-27(33)25-14-18-8-9-19(26(29)30)15-24(18)32(25)16-20-6-3-5-17-4-1-2-7-23(17)20/h17-25H,1-16,28H2,(H3,29,30)(H,31,33). The molecule has 0 radical (unpaired) electrons. The molecule has 1 aliphatic heterocycles. The van der Waals surface area contributed by atoms with E-state index < -0.39 is 0 Å². The molecular formula is C27H47N5O. The minimum atomic E-state index is 0.00488. The molecule has 4 saturated carbocycles. The molecule has 6 heteroatoms. The van der Waals surface area contributed by atoms with Crippen LogP contribution in [0, 0.1) is 35.0 Å². The average molecular weight is 458 g/mol. The molecule has 4 aliphatic carbocycles. The van der Waals surface area contributed by atoms with Crippen molar-refractivity contribution in [2.24, 2.45) is 41.1 Å². The van der Waals surface area contributed by atoms with Crippen LogP contribution in [-0.4, -0.2) is 47.4 Å². The Labute approximate surface area is 200 Å². The van der Waals surface area contributed by atoms with Crippen LogP contribution in [0.5, 0.6) is 0 Å². The third-order valence-corrected chi connectivity index (χ3v) is 10.3. The van der Waals surface area contributed by atoms with Gasteiger partial charge in [0.15, 0.2) is 0 Å². The van der Waals surface area contributed by atoms with E-state index in [4.69, 9.17) is 16.9 Å². The number of rotatable bonds is 5. The summed E-state index contributed by atoms with van der Waals surface area (Å²) < 4.78 is 0. The fourth-order valence-corrected chi connectivity index (χ4v) is 8.48. The van der Waals surface area contributed by atoms with Crippen LogP contribution in [0.2, 0.25) is 0 Å². The van der Waals surface area contributed by atoms with Crippen LogP contribution in [0.15, 0.2) is 0 Å². The largest absolute Gasteiger partial charge is 0.387 e. The summed E-state index contributed by atoms with van der Waals surface area (Å²) in [5, 5.41) is 11.5. The highest BCUT2D eigenvalue weighted by molar-refractivity contribution is 5.83. The molecule has 5 rings (SSSR count). The minimum Gasteiger partial charge on any atom is -0.387 e. The number of nitrogens with zero attached hydrogens (tertiary/aromatic N) is 1. The van der Waals surface area contributed by atoms with E-state index in [9.17, 15) is 4.79 Å². The Morgan fingerprint density at radius 3 is 2.42 bits per heavy atom. The highest BCUT2D eigenvalue weighted by Crippen LogP contribution is 2.47. The quantitative estimate of drug-likeness (QED) is 0.372. The molecule has 0 bridgehead atoms. The van der Waals surface area contributed by atoms with E-state index in [1.807, 2.05) is 0 Å². The van der Waals surface area contributed by atoms with Crippen molar-refractivity contribution in [3.05, 3.63) is 0 Å². The normalized spacial score (nSPS) is 44.0. The Bertz CT molecular complexity index is 703. The Kier molecular flexibility index (Phi) is 7.31. The zero-order valence-corrected chi connectivity index (χ0v) is 20.5. The van der Waals surface area contributed by atoms with Gasteiger partial charge in [0.05, 0.1) is 11.9 Å². The first kappa shape index (κ1) is 23.6. The van der Waals surface area contributed by atoms with Gasteiger partial charge in [0, 0.05) is 30.6 Å². The number of likely N-dealkylation sites (tertiary alicyclic amines) is 1. The maximum atomic E-state index is 13.6. The maximum Gasteiger partial charge on any atom is 0.237 e. The zero-order chi connectivity index (χ0) is 22.9. The van der Waals surface area contributed by atoms with Gasteiger partial charge in [-0.15, -0.1) is 0 Å². The van der Waals surface area contributed by atoms with Crippen LogP contribution in [0.1, 0.15) is 96.3 Å². The second-order valence-electron chi connectivity index (χ2n) is 12.3. The van der Waals surface area contributed by atoms with Gasteiger partial charge in [-0.1, -0.05) is 32.1 Å². The predicted molar refractivity (Wildman–Crippen MR) is 133 cm³/mol. The Hall–Kier alpha value is -1.14. The van der Waals surface area contributed by atoms with Crippen molar-refractivity contribution < 1.29 is 4.79 Å². The number of carbonyl (C=O) groups is 1. The second kappa shape index (κ2) is 10.2. The van der Waals surface area contributed by atoms with Crippen molar-refractivity contribution in [1.29, 1.82) is 5.41 Å². The summed E-state index contributed by atoms with van der Waals surface area (Å²) in [6.07, 6.45) is 17.9. The van der Waals surface area contributed by atoms with E-state index in [0.717, 1.165) is 75.7 Å². The summed E-state index contributed by atoms with van der Waals surface area (Å²) >= 11 is 0. The van der Waals surface area contributed by atoms with Crippen LogP contribution < -0.4 is 16.8 Å². The molecule has 1 heterocycles. The molecule has 186 valence electrons. The lowest BCUT2D eigenvalue weighted by Gasteiger charge is -2.45. The number of nitrogens with two attached hydrogens (primary N) is 2. The van der Waals surface area contributed by atoms with Gasteiger partial charge in [-0.2, -0.15) is 0 Å². The van der Waals surface area contributed by atoms with E-state index >= 15 is 0 Å². The lowest BCUT2D eigenvalue weighted by molar-refractivity contribution is -0.127. The van der Waals surface area contributed by atoms with Crippen LogP contribution in [-0.2, 0) is 4.79 Å². The molecule has 0 aromatic rings. The maximum absolute atomic E-state index is 13.6. The summed E-state index contributed by atoms with van der Waals surface area (Å²) in [6.45, 7) is 1.08. The summed E-state index contributed by atoms with van der Waals surface area (Å²) in [5.41, 5.74) is 12.1. The zero-order valence-electron chi connectivity index (χ0n) is 20.5. The van der Waals surface area contributed by atoms with Crippen molar-refractivity contribution in [3.63, 3.8) is 0 Å². The summed E-state index contributed by atoms with van der Waals surface area (Å²) in [7, 11) is 0. The SMILES string of the molecule is N=C(N)C1CCC2CC(C(=O)NC3CCC(N)CC3)N(CC3CCCC4CCCCC43)C2C1. The minimum absolute atomic E-state index is 0.00488. The molecule has 0 aromatic carbocycles. The van der Waals surface area contributed by atoms with Gasteiger partial charge < -0.3 is 16.8 Å². The fraction of sp³-hybridized carbons (Fsp3) is 0.926. The molecule has 1 amide bonds. The molecule has 5 fully saturated rings. The topological polar surface area (TPSA) is 108 Å². The van der Waals surface area contributed by atoms with Crippen molar-refractivity contribution in [3.8, 4) is 0 Å². The Morgan fingerprint density at radius 1 is 0.879 bits per heavy atom. The molecule has 0 aromatic heterocycles. The van der Waals surface area contributed by atoms with Crippen LogP contribution in [0.3, 0.4) is 0 Å². The Balaban J connectivity index is 1.31. The Morgan fingerprint density at radius 2 is 1.64 bits per heavy atom. The fourth-order valence-electron chi connectivity index (χ4n) is 8.48. The van der Waals surface area contributed by atoms with E-state index in [-0.39, 0.29) is 17.9 Å². The lowest BCUT2D eigenvalue weighted by Crippen LogP contribution is -2.53. The second-order valence-corrected chi connectivity index (χ2v) is 12.3. The van der Waals surface area contributed by atoms with Crippen LogP contribution in [0.4, 0.5) is 0 Å². The van der Waals surface area contributed by atoms with Crippen molar-refractivity contribution >= 4 is 11.7 Å². The van der Waals surface area contributed by atoms with Gasteiger partial charge in [0.2, 0.25) is 5.91 Å². The molecule has 0 spiro atoms. The molecular weight excluding hydrogens is 410 g/mol. The monoisotopic (exact) mass is 457 g/mol. The molecule has 5 aliphatic rings. The van der Waals surface area contributed by atoms with E-state index in [1.165, 1.54) is 44.9 Å². The van der Waals surface area contributed by atoms with Gasteiger partial charge in [-0.05, 0) is 87.9 Å². The molecule has 33 heavy (non-hydrogen) atoms. The van der Waals surface area contributed by atoms with Gasteiger partial charge in [-0.25, -0.2) is 0 Å². The number of fused-ring (bicyclic) bond motifs is 2. The first-order valence-corrected chi connectivity index (χ1v) is 14.1. The van der Waals surface area contributed by atoms with Gasteiger partial charge >= 0.3 is 0 Å². The third-order valence-electron chi connectivity index (χ3n) is 10.3. The molecule has 6 N–H and O–H groups in total. The van der Waals surface area contributed by atoms with Gasteiger partial charge in [0.1, 0.15) is 0 Å². The van der Waals surface area contributed by atoms with Crippen LogP contribution in [0.25, 0.3) is 0 Å². The summed E-state index contributed by atoms with van der Waals surface area (Å²) in [4.78, 5) is 16.3. The average Bonchev–Trinajstić information content (AvgIpc) is 3.18. The van der Waals surface area contributed by atoms with Crippen molar-refractivity contribution in [2.75, 3.05) is 6.54 Å².